The molecule has 2 amide bonds. The molecule has 1 atom stereocenters. The Hall–Kier alpha value is -2.37. The second-order valence-electron chi connectivity index (χ2n) is 9.63. The van der Waals surface area contributed by atoms with E-state index in [0.717, 1.165) is 53.9 Å². The van der Waals surface area contributed by atoms with Crippen LogP contribution in [0.5, 0.6) is 0 Å². The van der Waals surface area contributed by atoms with Crippen LogP contribution in [0.15, 0.2) is 24.3 Å². The predicted octanol–water partition coefficient (Wildman–Crippen LogP) is 2.94. The van der Waals surface area contributed by atoms with Crippen LogP contribution < -0.4 is 10.6 Å². The maximum Gasteiger partial charge on any atom is 0.242 e. The van der Waals surface area contributed by atoms with Crippen molar-refractivity contribution in [2.75, 3.05) is 6.54 Å². The van der Waals surface area contributed by atoms with Crippen molar-refractivity contribution in [1.82, 2.24) is 20.6 Å². The smallest absolute Gasteiger partial charge is 0.242 e. The third-order valence-electron chi connectivity index (χ3n) is 7.36. The second kappa shape index (κ2) is 7.15. The van der Waals surface area contributed by atoms with E-state index < -0.39 is 6.04 Å². The quantitative estimate of drug-likeness (QED) is 0.704. The Morgan fingerprint density at radius 2 is 1.79 bits per heavy atom. The number of imidazole rings is 1. The minimum absolute atomic E-state index is 0.108. The van der Waals surface area contributed by atoms with Crippen molar-refractivity contribution in [2.24, 2.45) is 23.2 Å². The lowest BCUT2D eigenvalue weighted by Crippen LogP contribution is -2.56. The Morgan fingerprint density at radius 3 is 2.45 bits per heavy atom. The predicted molar refractivity (Wildman–Crippen MR) is 111 cm³/mol. The first-order valence-electron chi connectivity index (χ1n) is 11.0. The molecule has 4 aliphatic carbocycles. The number of aromatic nitrogens is 2. The van der Waals surface area contributed by atoms with Crippen molar-refractivity contribution in [2.45, 2.75) is 57.9 Å². The Balaban J connectivity index is 1.13. The SMILES string of the molecule is C[C@@H](NC(=O)C12CC3CC(CC(C3)C1)C2)C(=O)NCCc1nc2ccccc2[nH]1. The fraction of sp³-hybridized carbons (Fsp3) is 0.609. The van der Waals surface area contributed by atoms with Gasteiger partial charge in [-0.1, -0.05) is 12.1 Å². The molecule has 1 aromatic heterocycles. The summed E-state index contributed by atoms with van der Waals surface area (Å²) < 4.78 is 0. The highest BCUT2D eigenvalue weighted by atomic mass is 16.2. The monoisotopic (exact) mass is 394 g/mol. The van der Waals surface area contributed by atoms with Gasteiger partial charge >= 0.3 is 0 Å². The highest BCUT2D eigenvalue weighted by Crippen LogP contribution is 2.60. The molecule has 6 rings (SSSR count). The van der Waals surface area contributed by atoms with Crippen LogP contribution in [0.3, 0.4) is 0 Å². The fourth-order valence-corrected chi connectivity index (χ4v) is 6.39. The molecule has 0 unspecified atom stereocenters. The first-order chi connectivity index (χ1) is 14.0. The number of hydrogen-bond acceptors (Lipinski definition) is 3. The number of para-hydroxylation sites is 2. The Morgan fingerprint density at radius 1 is 1.14 bits per heavy atom. The number of fused-ring (bicyclic) bond motifs is 1. The fourth-order valence-electron chi connectivity index (χ4n) is 6.39. The van der Waals surface area contributed by atoms with Gasteiger partial charge in [0.15, 0.2) is 0 Å². The molecule has 2 aromatic rings. The Labute approximate surface area is 171 Å². The van der Waals surface area contributed by atoms with Crippen LogP contribution in [0.1, 0.15) is 51.3 Å². The molecule has 0 spiro atoms. The third kappa shape index (κ3) is 3.53. The van der Waals surface area contributed by atoms with Gasteiger partial charge in [-0.25, -0.2) is 4.98 Å². The number of aromatic amines is 1. The number of rotatable bonds is 6. The molecule has 0 saturated heterocycles. The highest BCUT2D eigenvalue weighted by Gasteiger charge is 2.54. The number of nitrogens with zero attached hydrogens (tertiary/aromatic N) is 1. The van der Waals surface area contributed by atoms with E-state index in [-0.39, 0.29) is 17.2 Å². The van der Waals surface area contributed by atoms with Gasteiger partial charge in [-0.05, 0) is 75.3 Å². The molecule has 0 radical (unpaired) electrons. The molecule has 1 heterocycles. The van der Waals surface area contributed by atoms with Crippen LogP contribution in [0, 0.1) is 23.2 Å². The summed E-state index contributed by atoms with van der Waals surface area (Å²) in [7, 11) is 0. The molecule has 6 heteroatoms. The van der Waals surface area contributed by atoms with Crippen LogP contribution in [-0.2, 0) is 16.0 Å². The van der Waals surface area contributed by atoms with E-state index in [1.165, 1.54) is 19.3 Å². The average molecular weight is 395 g/mol. The Kier molecular flexibility index (Phi) is 4.60. The van der Waals surface area contributed by atoms with Crippen molar-refractivity contribution in [3.8, 4) is 0 Å². The van der Waals surface area contributed by atoms with Gasteiger partial charge < -0.3 is 15.6 Å². The molecular formula is C23H30N4O2. The summed E-state index contributed by atoms with van der Waals surface area (Å²) >= 11 is 0. The lowest BCUT2D eigenvalue weighted by Gasteiger charge is -2.55. The molecule has 0 aliphatic heterocycles. The molecule has 3 N–H and O–H groups in total. The summed E-state index contributed by atoms with van der Waals surface area (Å²) in [4.78, 5) is 33.4. The number of nitrogens with one attached hydrogen (secondary N) is 3. The van der Waals surface area contributed by atoms with E-state index in [1.807, 2.05) is 24.3 Å². The first kappa shape index (κ1) is 18.6. The van der Waals surface area contributed by atoms with Crippen LogP contribution in [-0.4, -0.2) is 34.4 Å². The van der Waals surface area contributed by atoms with Gasteiger partial charge in [0, 0.05) is 18.4 Å². The number of benzene rings is 1. The molecule has 29 heavy (non-hydrogen) atoms. The maximum absolute atomic E-state index is 13.1. The molecule has 1 aromatic carbocycles. The van der Waals surface area contributed by atoms with E-state index in [9.17, 15) is 9.59 Å². The normalized spacial score (nSPS) is 31.0. The summed E-state index contributed by atoms with van der Waals surface area (Å²) in [6, 6.07) is 7.39. The van der Waals surface area contributed by atoms with Gasteiger partial charge in [-0.3, -0.25) is 9.59 Å². The minimum Gasteiger partial charge on any atom is -0.354 e. The molecule has 4 aliphatic rings. The van der Waals surface area contributed by atoms with Gasteiger partial charge in [0.2, 0.25) is 11.8 Å². The van der Waals surface area contributed by atoms with Crippen molar-refractivity contribution in [1.29, 1.82) is 0 Å². The average Bonchev–Trinajstić information content (AvgIpc) is 3.09. The van der Waals surface area contributed by atoms with Gasteiger partial charge in [0.05, 0.1) is 11.0 Å². The van der Waals surface area contributed by atoms with E-state index in [1.54, 1.807) is 6.92 Å². The molecular weight excluding hydrogens is 364 g/mol. The summed E-state index contributed by atoms with van der Waals surface area (Å²) in [6.45, 7) is 2.28. The number of carbonyl (C=O) groups excluding carboxylic acids is 2. The lowest BCUT2D eigenvalue weighted by atomic mass is 9.49. The van der Waals surface area contributed by atoms with Gasteiger partial charge in [-0.15, -0.1) is 0 Å². The molecule has 6 nitrogen and oxygen atoms in total. The number of hydrogen-bond donors (Lipinski definition) is 3. The van der Waals surface area contributed by atoms with Crippen LogP contribution in [0.4, 0.5) is 0 Å². The zero-order valence-electron chi connectivity index (χ0n) is 17.0. The second-order valence-corrected chi connectivity index (χ2v) is 9.63. The van der Waals surface area contributed by atoms with E-state index in [2.05, 4.69) is 20.6 Å². The standard InChI is InChI=1S/C23H30N4O2/c1-14(21(28)24-7-6-20-26-18-4-2-3-5-19(18)27-20)25-22(29)23-11-15-8-16(12-23)10-17(9-15)13-23/h2-5,14-17H,6-13H2,1H3,(H,24,28)(H,25,29)(H,26,27)/t14-,15?,16?,17?,23?/m1/s1. The zero-order chi connectivity index (χ0) is 20.0. The van der Waals surface area contributed by atoms with Crippen molar-refractivity contribution < 1.29 is 9.59 Å². The summed E-state index contributed by atoms with van der Waals surface area (Å²) in [5.74, 6) is 3.01. The van der Waals surface area contributed by atoms with E-state index in [4.69, 9.17) is 0 Å². The first-order valence-corrected chi connectivity index (χ1v) is 11.0. The van der Waals surface area contributed by atoms with Crippen LogP contribution in [0.2, 0.25) is 0 Å². The summed E-state index contributed by atoms with van der Waals surface area (Å²) in [5.41, 5.74) is 1.73. The van der Waals surface area contributed by atoms with E-state index >= 15 is 0 Å². The van der Waals surface area contributed by atoms with E-state index in [0.29, 0.717) is 13.0 Å². The molecule has 154 valence electrons. The summed E-state index contributed by atoms with van der Waals surface area (Å²) in [6.07, 6.45) is 7.62. The molecule has 4 bridgehead atoms. The zero-order valence-corrected chi connectivity index (χ0v) is 17.0. The minimum atomic E-state index is -0.508. The molecule has 4 fully saturated rings. The van der Waals surface area contributed by atoms with Crippen LogP contribution >= 0.6 is 0 Å². The van der Waals surface area contributed by atoms with Gasteiger partial charge in [0.25, 0.3) is 0 Å². The summed E-state index contributed by atoms with van der Waals surface area (Å²) in [5, 5.41) is 5.97. The number of amides is 2. The highest BCUT2D eigenvalue weighted by molar-refractivity contribution is 5.90. The third-order valence-corrected chi connectivity index (χ3v) is 7.36. The number of carbonyl (C=O) groups is 2. The molecule has 4 saturated carbocycles. The topological polar surface area (TPSA) is 86.9 Å². The van der Waals surface area contributed by atoms with Gasteiger partial charge in [0.1, 0.15) is 11.9 Å². The largest absolute Gasteiger partial charge is 0.354 e. The van der Waals surface area contributed by atoms with Crippen molar-refractivity contribution >= 4 is 22.8 Å². The lowest BCUT2D eigenvalue weighted by molar-refractivity contribution is -0.148. The maximum atomic E-state index is 13.1. The Bertz CT molecular complexity index is 866. The number of H-pyrrole nitrogens is 1. The van der Waals surface area contributed by atoms with Crippen LogP contribution in [0.25, 0.3) is 11.0 Å². The van der Waals surface area contributed by atoms with Gasteiger partial charge in [-0.2, -0.15) is 0 Å². The van der Waals surface area contributed by atoms with Crippen molar-refractivity contribution in [3.63, 3.8) is 0 Å². The van der Waals surface area contributed by atoms with Crippen molar-refractivity contribution in [3.05, 3.63) is 30.1 Å².